The first kappa shape index (κ1) is 9.06. The highest BCUT2D eigenvalue weighted by molar-refractivity contribution is 5.77. The van der Waals surface area contributed by atoms with Gasteiger partial charge in [0.1, 0.15) is 5.75 Å². The number of pyridine rings is 1. The second-order valence-corrected chi connectivity index (χ2v) is 3.69. The van der Waals surface area contributed by atoms with Crippen LogP contribution in [0.3, 0.4) is 0 Å². The summed E-state index contributed by atoms with van der Waals surface area (Å²) in [6.07, 6.45) is 1.74. The van der Waals surface area contributed by atoms with Crippen molar-refractivity contribution in [3.8, 4) is 5.75 Å². The van der Waals surface area contributed by atoms with Crippen molar-refractivity contribution in [1.82, 2.24) is 9.97 Å². The van der Waals surface area contributed by atoms with Crippen molar-refractivity contribution in [2.75, 3.05) is 7.11 Å². The number of ether oxygens (including phenoxy) is 1. The van der Waals surface area contributed by atoms with Crippen LogP contribution in [0.1, 0.15) is 25.5 Å². The van der Waals surface area contributed by atoms with Crippen molar-refractivity contribution >= 4 is 11.0 Å². The van der Waals surface area contributed by atoms with Crippen molar-refractivity contribution in [3.63, 3.8) is 0 Å². The Labute approximate surface area is 83.1 Å². The summed E-state index contributed by atoms with van der Waals surface area (Å²) < 4.78 is 5.11. The van der Waals surface area contributed by atoms with Gasteiger partial charge in [0.25, 0.3) is 0 Å². The molecule has 0 amide bonds. The number of aromatic amines is 1. The van der Waals surface area contributed by atoms with Gasteiger partial charge in [-0.3, -0.25) is 4.98 Å². The van der Waals surface area contributed by atoms with Crippen LogP contribution in [0.2, 0.25) is 0 Å². The monoisotopic (exact) mass is 190 g/mol. The third-order valence-electron chi connectivity index (χ3n) is 2.32. The minimum absolute atomic E-state index is 0.496. The third kappa shape index (κ3) is 1.45. The van der Waals surface area contributed by atoms with Gasteiger partial charge in [-0.05, 0) is 12.0 Å². The van der Waals surface area contributed by atoms with Crippen molar-refractivity contribution in [3.05, 3.63) is 24.0 Å². The molecule has 0 aliphatic heterocycles. The second-order valence-electron chi connectivity index (χ2n) is 3.69. The topological polar surface area (TPSA) is 37.9 Å². The van der Waals surface area contributed by atoms with E-state index in [1.807, 2.05) is 6.07 Å². The van der Waals surface area contributed by atoms with Crippen LogP contribution in [-0.2, 0) is 0 Å². The highest BCUT2D eigenvalue weighted by Crippen LogP contribution is 2.22. The third-order valence-corrected chi connectivity index (χ3v) is 2.32. The molecule has 0 unspecified atom stereocenters. The van der Waals surface area contributed by atoms with Crippen molar-refractivity contribution < 1.29 is 4.74 Å². The molecule has 3 heteroatoms. The predicted octanol–water partition coefficient (Wildman–Crippen LogP) is 2.69. The highest BCUT2D eigenvalue weighted by Gasteiger charge is 2.05. The zero-order chi connectivity index (χ0) is 10.1. The SMILES string of the molecule is COc1cnc2cc(C(C)C)[nH]c2c1. The molecule has 74 valence electrons. The molecule has 14 heavy (non-hydrogen) atoms. The Balaban J connectivity index is 2.54. The quantitative estimate of drug-likeness (QED) is 0.790. The van der Waals surface area contributed by atoms with Crippen LogP contribution >= 0.6 is 0 Å². The van der Waals surface area contributed by atoms with E-state index >= 15 is 0 Å². The van der Waals surface area contributed by atoms with Gasteiger partial charge in [-0.1, -0.05) is 13.8 Å². The molecule has 0 aliphatic rings. The second kappa shape index (κ2) is 3.33. The average molecular weight is 190 g/mol. The highest BCUT2D eigenvalue weighted by atomic mass is 16.5. The molecular formula is C11H14N2O. The molecule has 0 saturated heterocycles. The lowest BCUT2D eigenvalue weighted by atomic mass is 10.1. The number of nitrogens with zero attached hydrogens (tertiary/aromatic N) is 1. The van der Waals surface area contributed by atoms with Crippen molar-refractivity contribution in [2.24, 2.45) is 0 Å². The molecule has 2 aromatic heterocycles. The van der Waals surface area contributed by atoms with Crippen LogP contribution in [0.15, 0.2) is 18.3 Å². The lowest BCUT2D eigenvalue weighted by molar-refractivity contribution is 0.413. The zero-order valence-electron chi connectivity index (χ0n) is 8.66. The maximum atomic E-state index is 5.11. The summed E-state index contributed by atoms with van der Waals surface area (Å²) in [6.45, 7) is 4.31. The molecule has 2 aromatic rings. The van der Waals surface area contributed by atoms with E-state index in [4.69, 9.17) is 4.74 Å². The molecule has 0 radical (unpaired) electrons. The lowest BCUT2D eigenvalue weighted by Crippen LogP contribution is -1.85. The maximum absolute atomic E-state index is 5.11. The molecule has 0 spiro atoms. The molecule has 2 rings (SSSR count). The van der Waals surface area contributed by atoms with Crippen LogP contribution in [-0.4, -0.2) is 17.1 Å². The first-order chi connectivity index (χ1) is 6.70. The Morgan fingerprint density at radius 2 is 2.14 bits per heavy atom. The minimum Gasteiger partial charge on any atom is -0.495 e. The van der Waals surface area contributed by atoms with Crippen LogP contribution in [0.5, 0.6) is 5.75 Å². The van der Waals surface area contributed by atoms with E-state index in [9.17, 15) is 0 Å². The van der Waals surface area contributed by atoms with Gasteiger partial charge in [0.2, 0.25) is 0 Å². The van der Waals surface area contributed by atoms with E-state index in [-0.39, 0.29) is 0 Å². The summed E-state index contributed by atoms with van der Waals surface area (Å²) in [4.78, 5) is 7.63. The molecule has 1 N–H and O–H groups in total. The Hall–Kier alpha value is -1.51. The fourth-order valence-electron chi connectivity index (χ4n) is 1.43. The first-order valence-corrected chi connectivity index (χ1v) is 4.73. The van der Waals surface area contributed by atoms with Gasteiger partial charge in [0.05, 0.1) is 24.3 Å². The molecular weight excluding hydrogens is 176 g/mol. The average Bonchev–Trinajstić information content (AvgIpc) is 2.59. The molecule has 0 aliphatic carbocycles. The summed E-state index contributed by atoms with van der Waals surface area (Å²) in [5.41, 5.74) is 3.24. The smallest absolute Gasteiger partial charge is 0.139 e. The van der Waals surface area contributed by atoms with Gasteiger partial charge in [-0.2, -0.15) is 0 Å². The van der Waals surface area contributed by atoms with E-state index in [1.54, 1.807) is 13.3 Å². The molecule has 0 saturated carbocycles. The molecule has 0 atom stereocenters. The van der Waals surface area contributed by atoms with E-state index in [1.165, 1.54) is 5.69 Å². The number of hydrogen-bond acceptors (Lipinski definition) is 2. The van der Waals surface area contributed by atoms with E-state index in [2.05, 4.69) is 29.9 Å². The fraction of sp³-hybridized carbons (Fsp3) is 0.364. The van der Waals surface area contributed by atoms with Gasteiger partial charge in [0, 0.05) is 11.8 Å². The van der Waals surface area contributed by atoms with Crippen molar-refractivity contribution in [2.45, 2.75) is 19.8 Å². The number of rotatable bonds is 2. The van der Waals surface area contributed by atoms with Crippen molar-refractivity contribution in [1.29, 1.82) is 0 Å². The van der Waals surface area contributed by atoms with E-state index < -0.39 is 0 Å². The Morgan fingerprint density at radius 3 is 2.79 bits per heavy atom. The van der Waals surface area contributed by atoms with E-state index in [0.717, 1.165) is 16.8 Å². The Morgan fingerprint density at radius 1 is 1.36 bits per heavy atom. The van der Waals surface area contributed by atoms with Crippen LogP contribution in [0.4, 0.5) is 0 Å². The van der Waals surface area contributed by atoms with E-state index in [0.29, 0.717) is 5.92 Å². The van der Waals surface area contributed by atoms with Gasteiger partial charge < -0.3 is 9.72 Å². The molecule has 0 fully saturated rings. The Kier molecular flexibility index (Phi) is 2.15. The zero-order valence-corrected chi connectivity index (χ0v) is 8.66. The molecule has 3 nitrogen and oxygen atoms in total. The fourth-order valence-corrected chi connectivity index (χ4v) is 1.43. The summed E-state index contributed by atoms with van der Waals surface area (Å²) in [7, 11) is 1.65. The largest absolute Gasteiger partial charge is 0.495 e. The number of fused-ring (bicyclic) bond motifs is 1. The normalized spacial score (nSPS) is 11.1. The maximum Gasteiger partial charge on any atom is 0.139 e. The number of H-pyrrole nitrogens is 1. The van der Waals surface area contributed by atoms with Gasteiger partial charge in [-0.25, -0.2) is 0 Å². The number of hydrogen-bond donors (Lipinski definition) is 1. The van der Waals surface area contributed by atoms with Gasteiger partial charge in [0.15, 0.2) is 0 Å². The van der Waals surface area contributed by atoms with Crippen LogP contribution in [0, 0.1) is 0 Å². The first-order valence-electron chi connectivity index (χ1n) is 4.73. The summed E-state index contributed by atoms with van der Waals surface area (Å²) in [5.74, 6) is 1.28. The number of methoxy groups -OCH3 is 1. The molecule has 0 bridgehead atoms. The van der Waals surface area contributed by atoms with Gasteiger partial charge >= 0.3 is 0 Å². The predicted molar refractivity (Wildman–Crippen MR) is 56.7 cm³/mol. The summed E-state index contributed by atoms with van der Waals surface area (Å²) in [6, 6.07) is 4.05. The molecule has 0 aromatic carbocycles. The Bertz CT molecular complexity index is 445. The minimum atomic E-state index is 0.496. The number of nitrogens with one attached hydrogen (secondary N) is 1. The molecule has 2 heterocycles. The standard InChI is InChI=1S/C11H14N2O/c1-7(2)9-5-10-11(13-9)4-8(14-3)6-12-10/h4-7,13H,1-3H3. The van der Waals surface area contributed by atoms with Crippen LogP contribution in [0.25, 0.3) is 11.0 Å². The summed E-state index contributed by atoms with van der Waals surface area (Å²) >= 11 is 0. The summed E-state index contributed by atoms with van der Waals surface area (Å²) in [5, 5.41) is 0. The lowest BCUT2D eigenvalue weighted by Gasteiger charge is -1.98. The number of aromatic nitrogens is 2. The van der Waals surface area contributed by atoms with Gasteiger partial charge in [-0.15, -0.1) is 0 Å². The van der Waals surface area contributed by atoms with Crippen LogP contribution < -0.4 is 4.74 Å².